The van der Waals surface area contributed by atoms with Crippen LogP contribution in [0.3, 0.4) is 0 Å². The largest absolute Gasteiger partial charge is 0.493 e. The quantitative estimate of drug-likeness (QED) is 0.864. The van der Waals surface area contributed by atoms with Gasteiger partial charge in [-0.05, 0) is 62.1 Å². The predicted molar refractivity (Wildman–Crippen MR) is 67.1 cm³/mol. The van der Waals surface area contributed by atoms with Crippen molar-refractivity contribution in [2.75, 3.05) is 6.61 Å². The van der Waals surface area contributed by atoms with Crippen molar-refractivity contribution in [2.24, 2.45) is 5.92 Å². The highest BCUT2D eigenvalue weighted by Gasteiger charge is 2.36. The van der Waals surface area contributed by atoms with Gasteiger partial charge in [-0.25, -0.2) is 0 Å². The molecule has 1 aromatic rings. The van der Waals surface area contributed by atoms with E-state index in [2.05, 4.69) is 13.0 Å². The van der Waals surface area contributed by atoms with E-state index in [1.807, 2.05) is 12.1 Å². The lowest BCUT2D eigenvalue weighted by Gasteiger charge is -2.37. The Morgan fingerprint density at radius 2 is 2.12 bits per heavy atom. The van der Waals surface area contributed by atoms with Crippen LogP contribution in [0.1, 0.15) is 43.2 Å². The molecule has 1 aromatic carbocycles. The van der Waals surface area contributed by atoms with Crippen LogP contribution in [0.4, 0.5) is 0 Å². The van der Waals surface area contributed by atoms with Gasteiger partial charge in [0.05, 0.1) is 12.2 Å². The van der Waals surface area contributed by atoms with Crippen molar-refractivity contribution in [1.29, 1.82) is 0 Å². The van der Waals surface area contributed by atoms with Crippen molar-refractivity contribution in [3.63, 3.8) is 0 Å². The molecule has 0 spiro atoms. The van der Waals surface area contributed by atoms with Crippen LogP contribution in [0.2, 0.25) is 0 Å². The van der Waals surface area contributed by atoms with Crippen LogP contribution < -0.4 is 4.74 Å². The summed E-state index contributed by atoms with van der Waals surface area (Å²) in [6.45, 7) is 2.90. The average Bonchev–Trinajstić information content (AvgIpc) is 3.09. The van der Waals surface area contributed by atoms with Crippen LogP contribution in [-0.2, 0) is 5.60 Å². The number of aryl methyl sites for hydroxylation is 1. The molecule has 17 heavy (non-hydrogen) atoms. The highest BCUT2D eigenvalue weighted by atomic mass is 16.5. The van der Waals surface area contributed by atoms with Crippen LogP contribution in [-0.4, -0.2) is 11.7 Å². The summed E-state index contributed by atoms with van der Waals surface area (Å²) in [6.07, 6.45) is 5.52. The topological polar surface area (TPSA) is 29.5 Å². The zero-order chi connectivity index (χ0) is 11.9. The Morgan fingerprint density at radius 3 is 2.71 bits per heavy atom. The lowest BCUT2D eigenvalue weighted by atomic mass is 9.75. The summed E-state index contributed by atoms with van der Waals surface area (Å²) >= 11 is 0. The minimum atomic E-state index is -0.578. The van der Waals surface area contributed by atoms with Gasteiger partial charge in [0.2, 0.25) is 0 Å². The molecule has 2 fully saturated rings. The zero-order valence-electron chi connectivity index (χ0n) is 10.4. The van der Waals surface area contributed by atoms with Gasteiger partial charge in [0, 0.05) is 0 Å². The minimum absolute atomic E-state index is 0.578. The summed E-state index contributed by atoms with van der Waals surface area (Å²) in [5, 5.41) is 10.3. The summed E-state index contributed by atoms with van der Waals surface area (Å²) < 4.78 is 5.85. The normalized spacial score (nSPS) is 22.0. The predicted octanol–water partition coefficient (Wildman–Crippen LogP) is 3.16. The SMILES string of the molecule is Cc1ccc(C2(O)CCC2)cc1OCC1CC1. The average molecular weight is 232 g/mol. The first-order valence-electron chi connectivity index (χ1n) is 6.64. The van der Waals surface area contributed by atoms with E-state index in [1.54, 1.807) is 0 Å². The Morgan fingerprint density at radius 1 is 1.35 bits per heavy atom. The zero-order valence-corrected chi connectivity index (χ0v) is 10.4. The van der Waals surface area contributed by atoms with E-state index in [0.717, 1.165) is 48.7 Å². The highest BCUT2D eigenvalue weighted by Crippen LogP contribution is 2.42. The molecule has 0 heterocycles. The molecule has 2 nitrogen and oxygen atoms in total. The first-order valence-corrected chi connectivity index (χ1v) is 6.64. The van der Waals surface area contributed by atoms with Crippen LogP contribution >= 0.6 is 0 Å². The maximum Gasteiger partial charge on any atom is 0.122 e. The van der Waals surface area contributed by atoms with Crippen molar-refractivity contribution in [1.82, 2.24) is 0 Å². The van der Waals surface area contributed by atoms with Gasteiger partial charge < -0.3 is 9.84 Å². The maximum absolute atomic E-state index is 10.3. The second-order valence-corrected chi connectivity index (χ2v) is 5.62. The Kier molecular flexibility index (Phi) is 2.62. The molecule has 0 unspecified atom stereocenters. The molecule has 2 aliphatic rings. The smallest absolute Gasteiger partial charge is 0.122 e. The third-order valence-electron chi connectivity index (χ3n) is 4.08. The molecule has 0 atom stereocenters. The summed E-state index contributed by atoms with van der Waals surface area (Å²) in [6, 6.07) is 6.14. The Labute approximate surface area is 103 Å². The minimum Gasteiger partial charge on any atom is -0.493 e. The molecule has 2 saturated carbocycles. The Hall–Kier alpha value is -1.02. The van der Waals surface area contributed by atoms with Gasteiger partial charge in [-0.1, -0.05) is 12.1 Å². The van der Waals surface area contributed by atoms with Crippen LogP contribution in [0.15, 0.2) is 18.2 Å². The molecule has 1 N–H and O–H groups in total. The van der Waals surface area contributed by atoms with E-state index in [9.17, 15) is 5.11 Å². The highest BCUT2D eigenvalue weighted by molar-refractivity contribution is 5.39. The molecule has 0 saturated heterocycles. The van der Waals surface area contributed by atoms with Gasteiger partial charge in [0.15, 0.2) is 0 Å². The van der Waals surface area contributed by atoms with Crippen molar-refractivity contribution in [3.05, 3.63) is 29.3 Å². The molecule has 0 amide bonds. The number of hydrogen-bond acceptors (Lipinski definition) is 2. The number of hydrogen-bond donors (Lipinski definition) is 1. The first kappa shape index (κ1) is 11.1. The lowest BCUT2D eigenvalue weighted by Crippen LogP contribution is -2.33. The summed E-state index contributed by atoms with van der Waals surface area (Å²) in [5.74, 6) is 1.72. The van der Waals surface area contributed by atoms with Crippen molar-refractivity contribution >= 4 is 0 Å². The van der Waals surface area contributed by atoms with Crippen LogP contribution in [0, 0.1) is 12.8 Å². The molecule has 0 bridgehead atoms. The van der Waals surface area contributed by atoms with Crippen LogP contribution in [0.25, 0.3) is 0 Å². The second-order valence-electron chi connectivity index (χ2n) is 5.62. The molecular formula is C15H20O2. The van der Waals surface area contributed by atoms with Crippen molar-refractivity contribution in [2.45, 2.75) is 44.6 Å². The monoisotopic (exact) mass is 232 g/mol. The molecule has 2 heteroatoms. The van der Waals surface area contributed by atoms with E-state index in [0.29, 0.717) is 0 Å². The Balaban J connectivity index is 1.78. The van der Waals surface area contributed by atoms with Gasteiger partial charge >= 0.3 is 0 Å². The molecule has 92 valence electrons. The third kappa shape index (κ3) is 2.19. The van der Waals surface area contributed by atoms with Gasteiger partial charge in [-0.2, -0.15) is 0 Å². The lowest BCUT2D eigenvalue weighted by molar-refractivity contribution is -0.0389. The molecule has 2 aliphatic carbocycles. The molecule has 0 radical (unpaired) electrons. The van der Waals surface area contributed by atoms with E-state index < -0.39 is 5.60 Å². The first-order chi connectivity index (χ1) is 8.17. The van der Waals surface area contributed by atoms with E-state index in [-0.39, 0.29) is 0 Å². The molecule has 0 aromatic heterocycles. The van der Waals surface area contributed by atoms with E-state index >= 15 is 0 Å². The number of benzene rings is 1. The van der Waals surface area contributed by atoms with Gasteiger partial charge in [0.25, 0.3) is 0 Å². The Bertz CT molecular complexity index is 417. The fourth-order valence-corrected chi connectivity index (χ4v) is 2.34. The van der Waals surface area contributed by atoms with Crippen LogP contribution in [0.5, 0.6) is 5.75 Å². The molecule has 3 rings (SSSR count). The second kappa shape index (κ2) is 4.02. The number of rotatable bonds is 4. The standard InChI is InChI=1S/C15H20O2/c1-11-3-6-13(15(16)7-2-8-15)9-14(11)17-10-12-4-5-12/h3,6,9,12,16H,2,4-5,7-8,10H2,1H3. The fraction of sp³-hybridized carbons (Fsp3) is 0.600. The number of ether oxygens (including phenoxy) is 1. The maximum atomic E-state index is 10.3. The van der Waals surface area contributed by atoms with Gasteiger partial charge in [-0.15, -0.1) is 0 Å². The summed E-state index contributed by atoms with van der Waals surface area (Å²) in [7, 11) is 0. The molecular weight excluding hydrogens is 212 g/mol. The van der Waals surface area contributed by atoms with Gasteiger partial charge in [0.1, 0.15) is 5.75 Å². The van der Waals surface area contributed by atoms with Crippen molar-refractivity contribution < 1.29 is 9.84 Å². The summed E-state index contributed by atoms with van der Waals surface area (Å²) in [4.78, 5) is 0. The van der Waals surface area contributed by atoms with Crippen molar-refractivity contribution in [3.8, 4) is 5.75 Å². The fourth-order valence-electron chi connectivity index (χ4n) is 2.34. The van der Waals surface area contributed by atoms with Gasteiger partial charge in [-0.3, -0.25) is 0 Å². The van der Waals surface area contributed by atoms with E-state index in [4.69, 9.17) is 4.74 Å². The third-order valence-corrected chi connectivity index (χ3v) is 4.08. The number of aliphatic hydroxyl groups is 1. The van der Waals surface area contributed by atoms with E-state index in [1.165, 1.54) is 12.8 Å². The summed E-state index contributed by atoms with van der Waals surface area (Å²) in [5.41, 5.74) is 1.61. The molecule has 0 aliphatic heterocycles.